The Hall–Kier alpha value is -1.30. The summed E-state index contributed by atoms with van der Waals surface area (Å²) >= 11 is 0. The number of fused-ring (bicyclic) bond motifs is 1. The number of carbonyl (C=O) groups excluding carboxylic acids is 2. The summed E-state index contributed by atoms with van der Waals surface area (Å²) in [5.74, 6) is -0.386. The topological polar surface area (TPSA) is 65.1 Å². The molecule has 120 valence electrons. The van der Waals surface area contributed by atoms with Gasteiger partial charge in [0.2, 0.25) is 0 Å². The summed E-state index contributed by atoms with van der Waals surface area (Å²) in [5, 5.41) is 0. The predicted molar refractivity (Wildman–Crippen MR) is 75.8 cm³/mol. The molecular weight excluding hydrogens is 274 g/mol. The third-order valence-electron chi connectivity index (χ3n) is 3.78. The van der Waals surface area contributed by atoms with E-state index >= 15 is 0 Å². The second-order valence-corrected chi connectivity index (χ2v) is 6.57. The molecule has 2 rings (SSSR count). The zero-order chi connectivity index (χ0) is 15.6. The molecule has 6 nitrogen and oxygen atoms in total. The molecule has 0 unspecified atom stereocenters. The molecule has 2 fully saturated rings. The number of amides is 1. The van der Waals surface area contributed by atoms with Gasteiger partial charge in [-0.3, -0.25) is 4.79 Å². The van der Waals surface area contributed by atoms with Crippen molar-refractivity contribution in [2.24, 2.45) is 5.92 Å². The summed E-state index contributed by atoms with van der Waals surface area (Å²) < 4.78 is 16.2. The molecule has 0 aromatic rings. The van der Waals surface area contributed by atoms with Gasteiger partial charge in [-0.15, -0.1) is 0 Å². The van der Waals surface area contributed by atoms with E-state index in [0.29, 0.717) is 32.6 Å². The molecule has 6 heteroatoms. The Morgan fingerprint density at radius 1 is 1.29 bits per heavy atom. The van der Waals surface area contributed by atoms with Crippen LogP contribution in [0.5, 0.6) is 0 Å². The van der Waals surface area contributed by atoms with Gasteiger partial charge in [0.05, 0.1) is 31.3 Å². The van der Waals surface area contributed by atoms with Gasteiger partial charge in [-0.05, 0) is 40.5 Å². The summed E-state index contributed by atoms with van der Waals surface area (Å²) in [5.41, 5.74) is -0.524. The zero-order valence-corrected chi connectivity index (χ0v) is 13.3. The molecule has 0 N–H and O–H groups in total. The number of hydrogen-bond donors (Lipinski definition) is 0. The van der Waals surface area contributed by atoms with Crippen molar-refractivity contribution in [1.29, 1.82) is 0 Å². The molecule has 3 atom stereocenters. The van der Waals surface area contributed by atoms with Crippen molar-refractivity contribution in [3.05, 3.63) is 0 Å². The normalized spacial score (nSPS) is 29.0. The van der Waals surface area contributed by atoms with Crippen LogP contribution in [0.3, 0.4) is 0 Å². The maximum atomic E-state index is 12.3. The first-order chi connectivity index (χ1) is 9.81. The quantitative estimate of drug-likeness (QED) is 0.729. The van der Waals surface area contributed by atoms with E-state index in [1.807, 2.05) is 20.8 Å². The van der Waals surface area contributed by atoms with Crippen molar-refractivity contribution < 1.29 is 23.8 Å². The van der Waals surface area contributed by atoms with Gasteiger partial charge in [0.25, 0.3) is 0 Å². The molecule has 1 aliphatic carbocycles. The maximum Gasteiger partial charge on any atom is 0.410 e. The molecule has 1 saturated carbocycles. The van der Waals surface area contributed by atoms with Crippen LogP contribution in [0.25, 0.3) is 0 Å². The van der Waals surface area contributed by atoms with Crippen molar-refractivity contribution in [3.63, 3.8) is 0 Å². The highest BCUT2D eigenvalue weighted by Gasteiger charge is 2.46. The Balaban J connectivity index is 2.02. The second-order valence-electron chi connectivity index (χ2n) is 6.57. The number of ether oxygens (including phenoxy) is 3. The van der Waals surface area contributed by atoms with E-state index in [2.05, 4.69) is 0 Å². The first-order valence-electron chi connectivity index (χ1n) is 7.59. The van der Waals surface area contributed by atoms with Crippen LogP contribution in [-0.4, -0.2) is 54.5 Å². The van der Waals surface area contributed by atoms with Crippen molar-refractivity contribution in [1.82, 2.24) is 4.90 Å². The number of rotatable bonds is 2. The molecule has 0 bridgehead atoms. The third-order valence-corrected chi connectivity index (χ3v) is 3.78. The zero-order valence-electron chi connectivity index (χ0n) is 13.3. The summed E-state index contributed by atoms with van der Waals surface area (Å²) in [4.78, 5) is 25.9. The standard InChI is InChI=1S/C15H25NO5/c1-5-19-13(17)10-8-11-12(9-10)20-7-6-16(11)14(18)21-15(2,3)4/h10-12H,5-9H2,1-4H3/t10-,11+,12-/m0/s1. The molecule has 1 aliphatic heterocycles. The fourth-order valence-electron chi connectivity index (χ4n) is 2.95. The van der Waals surface area contributed by atoms with E-state index in [9.17, 15) is 9.59 Å². The molecule has 21 heavy (non-hydrogen) atoms. The summed E-state index contributed by atoms with van der Waals surface area (Å²) in [6.07, 6.45) is 0.775. The van der Waals surface area contributed by atoms with Gasteiger partial charge in [0.1, 0.15) is 5.60 Å². The summed E-state index contributed by atoms with van der Waals surface area (Å²) in [7, 11) is 0. The first kappa shape index (κ1) is 16.1. The van der Waals surface area contributed by atoms with Crippen molar-refractivity contribution in [2.75, 3.05) is 19.8 Å². The fourth-order valence-corrected chi connectivity index (χ4v) is 2.95. The van der Waals surface area contributed by atoms with Crippen LogP contribution >= 0.6 is 0 Å². The van der Waals surface area contributed by atoms with E-state index in [1.165, 1.54) is 0 Å². The number of nitrogens with zero attached hydrogens (tertiary/aromatic N) is 1. The van der Waals surface area contributed by atoms with Crippen molar-refractivity contribution in [3.8, 4) is 0 Å². The Labute approximate surface area is 125 Å². The number of esters is 1. The maximum absolute atomic E-state index is 12.3. The van der Waals surface area contributed by atoms with Crippen LogP contribution < -0.4 is 0 Å². The van der Waals surface area contributed by atoms with Crippen LogP contribution in [0, 0.1) is 5.92 Å². The number of carbonyl (C=O) groups is 2. The highest BCUT2D eigenvalue weighted by atomic mass is 16.6. The van der Waals surface area contributed by atoms with Crippen molar-refractivity contribution in [2.45, 2.75) is 58.3 Å². The molecule has 1 amide bonds. The van der Waals surface area contributed by atoms with Gasteiger partial charge >= 0.3 is 12.1 Å². The SMILES string of the molecule is CCOC(=O)[C@@H]1C[C@@H]2OCCN(C(=O)OC(C)(C)C)[C@@H]2C1. The van der Waals surface area contributed by atoms with E-state index in [-0.39, 0.29) is 30.1 Å². The van der Waals surface area contributed by atoms with Gasteiger partial charge in [-0.1, -0.05) is 0 Å². The minimum Gasteiger partial charge on any atom is -0.466 e. The molecule has 0 aromatic carbocycles. The second kappa shape index (κ2) is 6.22. The van der Waals surface area contributed by atoms with Crippen LogP contribution in [0.1, 0.15) is 40.5 Å². The molecular formula is C15H25NO5. The Kier molecular flexibility index (Phi) is 4.76. The van der Waals surface area contributed by atoms with Crippen LogP contribution in [-0.2, 0) is 19.0 Å². The highest BCUT2D eigenvalue weighted by molar-refractivity contribution is 5.74. The average Bonchev–Trinajstić information content (AvgIpc) is 2.80. The third kappa shape index (κ3) is 3.87. The Morgan fingerprint density at radius 3 is 2.62 bits per heavy atom. The number of morpholine rings is 1. The minimum absolute atomic E-state index is 0.0944. The molecule has 0 radical (unpaired) electrons. The van der Waals surface area contributed by atoms with Gasteiger partial charge in [-0.2, -0.15) is 0 Å². The Bertz CT molecular complexity index is 403. The van der Waals surface area contributed by atoms with Gasteiger partial charge in [0, 0.05) is 6.54 Å². The predicted octanol–water partition coefficient (Wildman–Crippen LogP) is 1.96. The lowest BCUT2D eigenvalue weighted by Crippen LogP contribution is -2.52. The lowest BCUT2D eigenvalue weighted by atomic mass is 10.1. The highest BCUT2D eigenvalue weighted by Crippen LogP contribution is 2.35. The molecule has 2 aliphatic rings. The fraction of sp³-hybridized carbons (Fsp3) is 0.867. The van der Waals surface area contributed by atoms with E-state index in [1.54, 1.807) is 11.8 Å². The van der Waals surface area contributed by atoms with Crippen LogP contribution in [0.4, 0.5) is 4.79 Å². The minimum atomic E-state index is -0.524. The molecule has 1 saturated heterocycles. The molecule has 1 heterocycles. The number of hydrogen-bond acceptors (Lipinski definition) is 5. The largest absolute Gasteiger partial charge is 0.466 e. The van der Waals surface area contributed by atoms with Crippen molar-refractivity contribution >= 4 is 12.1 Å². The van der Waals surface area contributed by atoms with E-state index in [0.717, 1.165) is 0 Å². The van der Waals surface area contributed by atoms with Gasteiger partial charge < -0.3 is 19.1 Å². The molecule has 0 spiro atoms. The lowest BCUT2D eigenvalue weighted by molar-refractivity contribution is -0.148. The van der Waals surface area contributed by atoms with E-state index < -0.39 is 5.60 Å². The first-order valence-corrected chi connectivity index (χ1v) is 7.59. The van der Waals surface area contributed by atoms with Gasteiger partial charge in [-0.25, -0.2) is 4.79 Å². The van der Waals surface area contributed by atoms with Crippen LogP contribution in [0.15, 0.2) is 0 Å². The Morgan fingerprint density at radius 2 is 2.00 bits per heavy atom. The monoisotopic (exact) mass is 299 g/mol. The lowest BCUT2D eigenvalue weighted by Gasteiger charge is -2.38. The van der Waals surface area contributed by atoms with Crippen LogP contribution in [0.2, 0.25) is 0 Å². The van der Waals surface area contributed by atoms with Gasteiger partial charge in [0.15, 0.2) is 0 Å². The van der Waals surface area contributed by atoms with E-state index in [4.69, 9.17) is 14.2 Å². The average molecular weight is 299 g/mol. The summed E-state index contributed by atoms with van der Waals surface area (Å²) in [6.45, 7) is 8.70. The smallest absolute Gasteiger partial charge is 0.410 e. The molecule has 0 aromatic heterocycles. The summed E-state index contributed by atoms with van der Waals surface area (Å²) in [6, 6.07) is -0.0944.